The Labute approximate surface area is 104 Å². The highest BCUT2D eigenvalue weighted by Crippen LogP contribution is 2.25. The van der Waals surface area contributed by atoms with Crippen molar-refractivity contribution in [1.82, 2.24) is 10.2 Å². The van der Waals surface area contributed by atoms with Crippen LogP contribution in [0.25, 0.3) is 0 Å². The lowest BCUT2D eigenvalue weighted by Crippen LogP contribution is -2.33. The van der Waals surface area contributed by atoms with Crippen LogP contribution in [0.2, 0.25) is 0 Å². The fraction of sp³-hybridized carbons (Fsp3) is 0.571. The number of nitrogens with one attached hydrogen (secondary N) is 1. The van der Waals surface area contributed by atoms with Crippen molar-refractivity contribution in [3.05, 3.63) is 35.6 Å². The Morgan fingerprint density at radius 3 is 2.24 bits per heavy atom. The molecule has 0 aromatic heterocycles. The van der Waals surface area contributed by atoms with E-state index in [-0.39, 0.29) is 5.82 Å². The Morgan fingerprint density at radius 1 is 1.12 bits per heavy atom. The van der Waals surface area contributed by atoms with Crippen LogP contribution >= 0.6 is 0 Å². The Balaban J connectivity index is 0.000000686. The molecule has 0 radical (unpaired) electrons. The topological polar surface area (TPSA) is 15.3 Å². The van der Waals surface area contributed by atoms with Gasteiger partial charge in [-0.3, -0.25) is 0 Å². The van der Waals surface area contributed by atoms with E-state index in [0.717, 1.165) is 13.1 Å². The summed E-state index contributed by atoms with van der Waals surface area (Å²) in [6, 6.07) is 7.38. The van der Waals surface area contributed by atoms with Crippen LogP contribution < -0.4 is 5.32 Å². The second kappa shape index (κ2) is 6.72. The maximum absolute atomic E-state index is 12.8. The van der Waals surface area contributed by atoms with Gasteiger partial charge >= 0.3 is 0 Å². The van der Waals surface area contributed by atoms with E-state index < -0.39 is 0 Å². The average molecular weight is 238 g/mol. The van der Waals surface area contributed by atoms with Crippen LogP contribution in [-0.4, -0.2) is 38.1 Å². The van der Waals surface area contributed by atoms with Crippen molar-refractivity contribution in [2.75, 3.05) is 27.2 Å². The second-order valence-electron chi connectivity index (χ2n) is 4.35. The zero-order valence-corrected chi connectivity index (χ0v) is 11.2. The minimum absolute atomic E-state index is 0.161. The van der Waals surface area contributed by atoms with E-state index in [1.165, 1.54) is 5.56 Å². The Bertz CT molecular complexity index is 321. The van der Waals surface area contributed by atoms with Crippen LogP contribution in [-0.2, 0) is 0 Å². The fourth-order valence-corrected chi connectivity index (χ4v) is 2.26. The van der Waals surface area contributed by atoms with E-state index in [2.05, 4.69) is 24.3 Å². The molecule has 2 nitrogen and oxygen atoms in total. The number of hydrogen-bond donors (Lipinski definition) is 1. The van der Waals surface area contributed by atoms with Gasteiger partial charge in [-0.05, 0) is 31.8 Å². The first kappa shape index (κ1) is 14.1. The van der Waals surface area contributed by atoms with Crippen LogP contribution in [0.15, 0.2) is 24.3 Å². The molecule has 0 aliphatic carbocycles. The molecule has 2 rings (SSSR count). The van der Waals surface area contributed by atoms with Crippen LogP contribution in [0.4, 0.5) is 4.39 Å². The molecule has 1 aliphatic heterocycles. The maximum atomic E-state index is 12.8. The molecule has 1 saturated heterocycles. The van der Waals surface area contributed by atoms with Gasteiger partial charge in [0.2, 0.25) is 0 Å². The SMILES string of the molecule is CC.CN(C)C1CNCC1c1ccc(F)cc1. The molecule has 0 saturated carbocycles. The summed E-state index contributed by atoms with van der Waals surface area (Å²) in [5.74, 6) is 0.312. The zero-order valence-electron chi connectivity index (χ0n) is 11.2. The first-order valence-corrected chi connectivity index (χ1v) is 6.31. The highest BCUT2D eigenvalue weighted by Gasteiger charge is 2.29. The average Bonchev–Trinajstić information content (AvgIpc) is 2.82. The molecule has 1 heterocycles. The molecule has 1 aromatic rings. The van der Waals surface area contributed by atoms with Gasteiger partial charge in [-0.25, -0.2) is 4.39 Å². The lowest BCUT2D eigenvalue weighted by molar-refractivity contribution is 0.291. The predicted molar refractivity (Wildman–Crippen MR) is 70.8 cm³/mol. The van der Waals surface area contributed by atoms with Gasteiger partial charge in [0.1, 0.15) is 5.82 Å². The molecular weight excluding hydrogens is 215 g/mol. The molecule has 1 N–H and O–H groups in total. The summed E-state index contributed by atoms with van der Waals surface area (Å²) >= 11 is 0. The highest BCUT2D eigenvalue weighted by atomic mass is 19.1. The van der Waals surface area contributed by atoms with Crippen molar-refractivity contribution >= 4 is 0 Å². The molecule has 1 fully saturated rings. The van der Waals surface area contributed by atoms with Crippen molar-refractivity contribution in [2.45, 2.75) is 25.8 Å². The molecule has 0 spiro atoms. The number of likely N-dealkylation sites (N-methyl/N-ethyl adjacent to an activating group) is 1. The molecule has 0 bridgehead atoms. The van der Waals surface area contributed by atoms with Gasteiger partial charge < -0.3 is 10.2 Å². The number of benzene rings is 1. The minimum atomic E-state index is -0.161. The molecule has 3 heteroatoms. The summed E-state index contributed by atoms with van der Waals surface area (Å²) in [6.07, 6.45) is 0. The molecule has 96 valence electrons. The third kappa shape index (κ3) is 3.51. The van der Waals surface area contributed by atoms with E-state index in [1.54, 1.807) is 12.1 Å². The fourth-order valence-electron chi connectivity index (χ4n) is 2.26. The normalized spacial score (nSPS) is 23.4. The van der Waals surface area contributed by atoms with Gasteiger partial charge in [0.05, 0.1) is 0 Å². The summed E-state index contributed by atoms with van der Waals surface area (Å²) < 4.78 is 12.8. The van der Waals surface area contributed by atoms with Crippen molar-refractivity contribution in [2.24, 2.45) is 0 Å². The largest absolute Gasteiger partial charge is 0.314 e. The van der Waals surface area contributed by atoms with Crippen LogP contribution in [0.1, 0.15) is 25.3 Å². The Morgan fingerprint density at radius 2 is 1.71 bits per heavy atom. The summed E-state index contributed by atoms with van der Waals surface area (Å²) in [7, 11) is 4.18. The van der Waals surface area contributed by atoms with Gasteiger partial charge in [0, 0.05) is 25.0 Å². The van der Waals surface area contributed by atoms with Crippen molar-refractivity contribution < 1.29 is 4.39 Å². The zero-order chi connectivity index (χ0) is 12.8. The lowest BCUT2D eigenvalue weighted by atomic mass is 9.94. The quantitative estimate of drug-likeness (QED) is 0.851. The van der Waals surface area contributed by atoms with E-state index in [4.69, 9.17) is 0 Å². The van der Waals surface area contributed by atoms with E-state index in [1.807, 2.05) is 26.0 Å². The summed E-state index contributed by atoms with van der Waals surface area (Å²) in [5.41, 5.74) is 1.22. The lowest BCUT2D eigenvalue weighted by Gasteiger charge is -2.25. The first-order chi connectivity index (χ1) is 8.18. The molecule has 0 amide bonds. The first-order valence-electron chi connectivity index (χ1n) is 6.31. The molecule has 1 aliphatic rings. The van der Waals surface area contributed by atoms with Crippen molar-refractivity contribution in [3.8, 4) is 0 Å². The van der Waals surface area contributed by atoms with Gasteiger partial charge in [0.25, 0.3) is 0 Å². The summed E-state index contributed by atoms with van der Waals surface area (Å²) in [4.78, 5) is 2.23. The van der Waals surface area contributed by atoms with Gasteiger partial charge in [-0.1, -0.05) is 26.0 Å². The van der Waals surface area contributed by atoms with E-state index in [0.29, 0.717) is 12.0 Å². The monoisotopic (exact) mass is 238 g/mol. The highest BCUT2D eigenvalue weighted by molar-refractivity contribution is 5.24. The molecule has 17 heavy (non-hydrogen) atoms. The molecule has 2 unspecified atom stereocenters. The van der Waals surface area contributed by atoms with Gasteiger partial charge in [0.15, 0.2) is 0 Å². The van der Waals surface area contributed by atoms with Gasteiger partial charge in [-0.15, -0.1) is 0 Å². The smallest absolute Gasteiger partial charge is 0.123 e. The molecular formula is C14H23FN2. The standard InChI is InChI=1S/C12H17FN2.C2H6/c1-15(2)12-8-14-7-11(12)9-3-5-10(13)6-4-9;1-2/h3-6,11-12,14H,7-8H2,1-2H3;1-2H3. The minimum Gasteiger partial charge on any atom is -0.314 e. The maximum Gasteiger partial charge on any atom is 0.123 e. The molecule has 1 aromatic carbocycles. The van der Waals surface area contributed by atoms with Gasteiger partial charge in [-0.2, -0.15) is 0 Å². The Hall–Kier alpha value is -0.930. The van der Waals surface area contributed by atoms with Crippen molar-refractivity contribution in [1.29, 1.82) is 0 Å². The number of halogens is 1. The van der Waals surface area contributed by atoms with Crippen molar-refractivity contribution in [3.63, 3.8) is 0 Å². The van der Waals surface area contributed by atoms with E-state index in [9.17, 15) is 4.39 Å². The number of rotatable bonds is 2. The van der Waals surface area contributed by atoms with E-state index >= 15 is 0 Å². The van der Waals surface area contributed by atoms with Crippen LogP contribution in [0, 0.1) is 5.82 Å². The second-order valence-corrected chi connectivity index (χ2v) is 4.35. The summed E-state index contributed by atoms with van der Waals surface area (Å²) in [5, 5.41) is 3.38. The molecule has 2 atom stereocenters. The number of hydrogen-bond acceptors (Lipinski definition) is 2. The number of nitrogens with zero attached hydrogens (tertiary/aromatic N) is 1. The van der Waals surface area contributed by atoms with Crippen LogP contribution in [0.5, 0.6) is 0 Å². The third-order valence-electron chi connectivity index (χ3n) is 3.14. The predicted octanol–water partition coefficient (Wildman–Crippen LogP) is 2.47. The van der Waals surface area contributed by atoms with Crippen LogP contribution in [0.3, 0.4) is 0 Å². The third-order valence-corrected chi connectivity index (χ3v) is 3.14. The Kier molecular flexibility index (Phi) is 5.59. The summed E-state index contributed by atoms with van der Waals surface area (Å²) in [6.45, 7) is 5.99.